The minimum Gasteiger partial charge on any atom is -0.495 e. The van der Waals surface area contributed by atoms with Crippen LogP contribution in [0.15, 0.2) is 24.3 Å². The zero-order valence-corrected chi connectivity index (χ0v) is 9.74. The summed E-state index contributed by atoms with van der Waals surface area (Å²) >= 11 is 0. The molecule has 0 heterocycles. The molecule has 0 unspecified atom stereocenters. The lowest BCUT2D eigenvalue weighted by Gasteiger charge is -2.10. The monoisotopic (exact) mass is 237 g/mol. The first-order valence-electron chi connectivity index (χ1n) is 5.06. The van der Waals surface area contributed by atoms with Crippen LogP contribution in [0.4, 0.5) is 10.5 Å². The predicted molar refractivity (Wildman–Crippen MR) is 64.1 cm³/mol. The minimum atomic E-state index is -0.531. The molecule has 92 valence electrons. The Morgan fingerprint density at radius 1 is 1.29 bits per heavy atom. The van der Waals surface area contributed by atoms with E-state index in [0.717, 1.165) is 0 Å². The van der Waals surface area contributed by atoms with Gasteiger partial charge in [-0.3, -0.25) is 10.1 Å². The maximum absolute atomic E-state index is 11.3. The number of anilines is 1. The van der Waals surface area contributed by atoms with Crippen LogP contribution in [0.5, 0.6) is 5.75 Å². The Kier molecular flexibility index (Phi) is 4.80. The van der Waals surface area contributed by atoms with E-state index in [4.69, 9.17) is 4.74 Å². The van der Waals surface area contributed by atoms with Crippen molar-refractivity contribution in [1.82, 2.24) is 10.6 Å². The lowest BCUT2D eigenvalue weighted by atomic mass is 10.3. The number of ether oxygens (including phenoxy) is 1. The molecule has 1 rings (SSSR count). The van der Waals surface area contributed by atoms with Gasteiger partial charge in [-0.15, -0.1) is 0 Å². The normalized spacial score (nSPS) is 9.29. The van der Waals surface area contributed by atoms with E-state index in [9.17, 15) is 9.59 Å². The number of nitrogens with one attached hydrogen (secondary N) is 3. The molecule has 0 saturated heterocycles. The third kappa shape index (κ3) is 4.02. The van der Waals surface area contributed by atoms with Crippen LogP contribution in [0.3, 0.4) is 0 Å². The van der Waals surface area contributed by atoms with E-state index in [1.54, 1.807) is 19.2 Å². The SMILES string of the molecule is CNC(=O)NC(=O)CNc1ccccc1OC. The maximum atomic E-state index is 11.3. The van der Waals surface area contributed by atoms with Crippen LogP contribution in [-0.4, -0.2) is 32.6 Å². The van der Waals surface area contributed by atoms with Gasteiger partial charge in [-0.1, -0.05) is 12.1 Å². The molecule has 0 spiro atoms. The van der Waals surface area contributed by atoms with Crippen molar-refractivity contribution < 1.29 is 14.3 Å². The first-order chi connectivity index (χ1) is 8.17. The predicted octanol–water partition coefficient (Wildman–Crippen LogP) is 0.563. The molecule has 0 aliphatic heterocycles. The van der Waals surface area contributed by atoms with Gasteiger partial charge in [0.15, 0.2) is 0 Å². The van der Waals surface area contributed by atoms with Crippen molar-refractivity contribution in [2.75, 3.05) is 26.0 Å². The smallest absolute Gasteiger partial charge is 0.321 e. The summed E-state index contributed by atoms with van der Waals surface area (Å²) < 4.78 is 5.11. The molecule has 0 bridgehead atoms. The van der Waals surface area contributed by atoms with Crippen LogP contribution >= 0.6 is 0 Å². The second-order valence-corrected chi connectivity index (χ2v) is 3.18. The number of urea groups is 1. The molecule has 3 N–H and O–H groups in total. The van der Waals surface area contributed by atoms with Crippen molar-refractivity contribution in [2.24, 2.45) is 0 Å². The summed E-state index contributed by atoms with van der Waals surface area (Å²) in [6.07, 6.45) is 0. The lowest BCUT2D eigenvalue weighted by molar-refractivity contribution is -0.118. The Morgan fingerprint density at radius 3 is 2.65 bits per heavy atom. The van der Waals surface area contributed by atoms with Crippen molar-refractivity contribution >= 4 is 17.6 Å². The van der Waals surface area contributed by atoms with Crippen molar-refractivity contribution in [3.63, 3.8) is 0 Å². The van der Waals surface area contributed by atoms with Crippen LogP contribution in [-0.2, 0) is 4.79 Å². The lowest BCUT2D eigenvalue weighted by Crippen LogP contribution is -2.40. The molecular weight excluding hydrogens is 222 g/mol. The molecule has 1 aromatic carbocycles. The van der Waals surface area contributed by atoms with Gasteiger partial charge in [0, 0.05) is 7.05 Å². The molecule has 0 fully saturated rings. The fourth-order valence-electron chi connectivity index (χ4n) is 1.20. The largest absolute Gasteiger partial charge is 0.495 e. The average molecular weight is 237 g/mol. The third-order valence-corrected chi connectivity index (χ3v) is 2.03. The number of imide groups is 1. The van der Waals surface area contributed by atoms with E-state index in [0.29, 0.717) is 11.4 Å². The summed E-state index contributed by atoms with van der Waals surface area (Å²) in [5.74, 6) is 0.218. The quantitative estimate of drug-likeness (QED) is 0.715. The van der Waals surface area contributed by atoms with Gasteiger partial charge in [-0.05, 0) is 12.1 Å². The number of benzene rings is 1. The first kappa shape index (κ1) is 12.8. The van der Waals surface area contributed by atoms with Gasteiger partial charge in [-0.2, -0.15) is 0 Å². The number of methoxy groups -OCH3 is 1. The van der Waals surface area contributed by atoms with Crippen LogP contribution in [0, 0.1) is 0 Å². The van der Waals surface area contributed by atoms with E-state index in [1.165, 1.54) is 7.05 Å². The third-order valence-electron chi connectivity index (χ3n) is 2.03. The van der Waals surface area contributed by atoms with Crippen LogP contribution in [0.2, 0.25) is 0 Å². The highest BCUT2D eigenvalue weighted by atomic mass is 16.5. The zero-order valence-electron chi connectivity index (χ0n) is 9.74. The van der Waals surface area contributed by atoms with E-state index in [-0.39, 0.29) is 6.54 Å². The number of carbonyl (C=O) groups excluding carboxylic acids is 2. The van der Waals surface area contributed by atoms with E-state index >= 15 is 0 Å². The van der Waals surface area contributed by atoms with E-state index in [1.807, 2.05) is 12.1 Å². The summed E-state index contributed by atoms with van der Waals surface area (Å²) in [6.45, 7) is -0.00616. The fourth-order valence-corrected chi connectivity index (χ4v) is 1.20. The molecule has 0 aromatic heterocycles. The molecule has 0 atom stereocenters. The average Bonchev–Trinajstić information content (AvgIpc) is 2.36. The van der Waals surface area contributed by atoms with Crippen molar-refractivity contribution in [3.05, 3.63) is 24.3 Å². The summed E-state index contributed by atoms with van der Waals surface area (Å²) in [5.41, 5.74) is 0.696. The molecule has 3 amide bonds. The molecule has 0 aliphatic rings. The van der Waals surface area contributed by atoms with Crippen LogP contribution in [0.1, 0.15) is 0 Å². The zero-order chi connectivity index (χ0) is 12.7. The van der Waals surface area contributed by atoms with Gasteiger partial charge >= 0.3 is 6.03 Å². The van der Waals surface area contributed by atoms with Crippen molar-refractivity contribution in [2.45, 2.75) is 0 Å². The fraction of sp³-hybridized carbons (Fsp3) is 0.273. The van der Waals surface area contributed by atoms with Gasteiger partial charge in [0.05, 0.1) is 19.3 Å². The number of amides is 3. The summed E-state index contributed by atoms with van der Waals surface area (Å²) in [6, 6.07) is 6.68. The Labute approximate surface area is 99.3 Å². The molecule has 6 nitrogen and oxygen atoms in total. The number of rotatable bonds is 4. The summed E-state index contributed by atoms with van der Waals surface area (Å²) in [4.78, 5) is 22.2. The number of hydrogen-bond acceptors (Lipinski definition) is 4. The molecular formula is C11H15N3O3. The minimum absolute atomic E-state index is 0.00616. The van der Waals surface area contributed by atoms with Crippen molar-refractivity contribution in [1.29, 1.82) is 0 Å². The van der Waals surface area contributed by atoms with Gasteiger partial charge in [0.1, 0.15) is 5.75 Å². The van der Waals surface area contributed by atoms with Gasteiger partial charge in [0.2, 0.25) is 5.91 Å². The highest BCUT2D eigenvalue weighted by molar-refractivity contribution is 5.96. The summed E-state index contributed by atoms with van der Waals surface area (Å²) in [7, 11) is 2.99. The molecule has 17 heavy (non-hydrogen) atoms. The Bertz CT molecular complexity index is 407. The second-order valence-electron chi connectivity index (χ2n) is 3.18. The summed E-state index contributed by atoms with van der Waals surface area (Å²) in [5, 5.41) is 7.31. The second kappa shape index (κ2) is 6.37. The van der Waals surface area contributed by atoms with Crippen LogP contribution < -0.4 is 20.7 Å². The van der Waals surface area contributed by atoms with Gasteiger partial charge < -0.3 is 15.4 Å². The Balaban J connectivity index is 2.50. The number of hydrogen-bond donors (Lipinski definition) is 3. The molecule has 0 aliphatic carbocycles. The number of carbonyl (C=O) groups is 2. The Morgan fingerprint density at radius 2 is 2.00 bits per heavy atom. The molecule has 0 saturated carbocycles. The maximum Gasteiger partial charge on any atom is 0.321 e. The van der Waals surface area contributed by atoms with Gasteiger partial charge in [0.25, 0.3) is 0 Å². The van der Waals surface area contributed by atoms with E-state index in [2.05, 4.69) is 16.0 Å². The van der Waals surface area contributed by atoms with Gasteiger partial charge in [-0.25, -0.2) is 4.79 Å². The molecule has 0 radical (unpaired) electrons. The molecule has 6 heteroatoms. The number of para-hydroxylation sites is 2. The Hall–Kier alpha value is -2.24. The van der Waals surface area contributed by atoms with Crippen molar-refractivity contribution in [3.8, 4) is 5.75 Å². The standard InChI is InChI=1S/C11H15N3O3/c1-12-11(16)14-10(15)7-13-8-5-3-4-6-9(8)17-2/h3-6,13H,7H2,1-2H3,(H2,12,14,15,16). The highest BCUT2D eigenvalue weighted by Gasteiger charge is 2.07. The molecule has 1 aromatic rings. The highest BCUT2D eigenvalue weighted by Crippen LogP contribution is 2.22. The topological polar surface area (TPSA) is 79.5 Å². The van der Waals surface area contributed by atoms with Crippen LogP contribution in [0.25, 0.3) is 0 Å². The van der Waals surface area contributed by atoms with E-state index < -0.39 is 11.9 Å². The first-order valence-corrected chi connectivity index (χ1v) is 5.06.